The molecule has 0 fully saturated rings. The van der Waals surface area contributed by atoms with Crippen molar-refractivity contribution >= 4 is 0 Å². The van der Waals surface area contributed by atoms with Crippen LogP contribution in [0, 0.1) is 11.3 Å². The van der Waals surface area contributed by atoms with Crippen LogP contribution in [0.4, 0.5) is 0 Å². The molecule has 2 aromatic rings. The summed E-state index contributed by atoms with van der Waals surface area (Å²) in [6, 6.07) is 8.29. The standard InChI is InChI=1S/C12H10N4O2/c1-18-11-4-5-12(17)16(15-11)8-9-3-2-6-14-10(9)7-13/h2-6H,8H2,1H3. The van der Waals surface area contributed by atoms with Crippen molar-refractivity contribution in [1.29, 1.82) is 5.26 Å². The van der Waals surface area contributed by atoms with E-state index in [0.29, 0.717) is 11.4 Å². The third-order valence-electron chi connectivity index (χ3n) is 2.37. The maximum Gasteiger partial charge on any atom is 0.267 e. The monoisotopic (exact) mass is 242 g/mol. The Labute approximate surface area is 103 Å². The van der Waals surface area contributed by atoms with Crippen LogP contribution in [-0.4, -0.2) is 21.9 Å². The van der Waals surface area contributed by atoms with E-state index in [4.69, 9.17) is 10.00 Å². The van der Waals surface area contributed by atoms with E-state index in [0.717, 1.165) is 0 Å². The number of hydrogen-bond donors (Lipinski definition) is 0. The van der Waals surface area contributed by atoms with Gasteiger partial charge in [0.2, 0.25) is 5.88 Å². The smallest absolute Gasteiger partial charge is 0.267 e. The largest absolute Gasteiger partial charge is 0.480 e. The van der Waals surface area contributed by atoms with Crippen molar-refractivity contribution in [3.63, 3.8) is 0 Å². The van der Waals surface area contributed by atoms with E-state index in [1.807, 2.05) is 6.07 Å². The summed E-state index contributed by atoms with van der Waals surface area (Å²) in [6.45, 7) is 0.187. The number of hydrogen-bond acceptors (Lipinski definition) is 5. The topological polar surface area (TPSA) is 80.8 Å². The van der Waals surface area contributed by atoms with Gasteiger partial charge in [-0.05, 0) is 6.07 Å². The Morgan fingerprint density at radius 2 is 2.28 bits per heavy atom. The molecule has 0 N–H and O–H groups in total. The molecule has 18 heavy (non-hydrogen) atoms. The van der Waals surface area contributed by atoms with Crippen LogP contribution in [0.2, 0.25) is 0 Å². The van der Waals surface area contributed by atoms with Crippen molar-refractivity contribution in [3.8, 4) is 11.9 Å². The SMILES string of the molecule is COc1ccc(=O)n(Cc2cccnc2C#N)n1. The molecule has 0 atom stereocenters. The number of aromatic nitrogens is 3. The molecule has 0 amide bonds. The molecule has 2 heterocycles. The Kier molecular flexibility index (Phi) is 3.34. The van der Waals surface area contributed by atoms with Crippen molar-refractivity contribution in [1.82, 2.24) is 14.8 Å². The predicted molar refractivity (Wildman–Crippen MR) is 63.1 cm³/mol. The zero-order valence-corrected chi connectivity index (χ0v) is 9.70. The highest BCUT2D eigenvalue weighted by atomic mass is 16.5. The van der Waals surface area contributed by atoms with E-state index >= 15 is 0 Å². The molecule has 0 unspecified atom stereocenters. The Hall–Kier alpha value is -2.68. The van der Waals surface area contributed by atoms with Crippen molar-refractivity contribution < 1.29 is 4.74 Å². The van der Waals surface area contributed by atoms with E-state index in [2.05, 4.69) is 10.1 Å². The minimum absolute atomic E-state index is 0.187. The van der Waals surface area contributed by atoms with Gasteiger partial charge in [-0.3, -0.25) is 4.79 Å². The summed E-state index contributed by atoms with van der Waals surface area (Å²) < 4.78 is 6.19. The normalized spacial score (nSPS) is 9.78. The van der Waals surface area contributed by atoms with Crippen LogP contribution in [0.25, 0.3) is 0 Å². The van der Waals surface area contributed by atoms with E-state index < -0.39 is 0 Å². The molecule has 0 aliphatic carbocycles. The molecule has 6 heteroatoms. The zero-order chi connectivity index (χ0) is 13.0. The molecule has 0 aromatic carbocycles. The molecule has 2 rings (SSSR count). The maximum atomic E-state index is 11.6. The summed E-state index contributed by atoms with van der Waals surface area (Å²) in [4.78, 5) is 15.6. The molecule has 0 aliphatic heterocycles. The Bertz CT molecular complexity index is 658. The van der Waals surface area contributed by atoms with Gasteiger partial charge in [-0.2, -0.15) is 5.26 Å². The molecule has 0 spiro atoms. The van der Waals surface area contributed by atoms with Crippen LogP contribution in [0.1, 0.15) is 11.3 Å². The predicted octanol–water partition coefficient (Wildman–Crippen LogP) is 0.567. The Balaban J connectivity index is 2.40. The second-order valence-electron chi connectivity index (χ2n) is 3.49. The summed E-state index contributed by atoms with van der Waals surface area (Å²) >= 11 is 0. The molecule has 0 aliphatic rings. The summed E-state index contributed by atoms with van der Waals surface area (Å²) in [5.74, 6) is 0.344. The number of nitriles is 1. The first kappa shape index (κ1) is 11.8. The minimum Gasteiger partial charge on any atom is -0.480 e. The van der Waals surface area contributed by atoms with E-state index in [-0.39, 0.29) is 17.8 Å². The molecular weight excluding hydrogens is 232 g/mol. The first-order chi connectivity index (χ1) is 8.74. The number of ether oxygens (including phenoxy) is 1. The second kappa shape index (κ2) is 5.10. The first-order valence-electron chi connectivity index (χ1n) is 5.20. The van der Waals surface area contributed by atoms with Gasteiger partial charge in [-0.25, -0.2) is 9.67 Å². The molecule has 0 saturated carbocycles. The number of rotatable bonds is 3. The molecule has 0 radical (unpaired) electrons. The molecule has 2 aromatic heterocycles. The number of pyridine rings is 1. The van der Waals surface area contributed by atoms with Crippen LogP contribution in [0.3, 0.4) is 0 Å². The average molecular weight is 242 g/mol. The highest BCUT2D eigenvalue weighted by Gasteiger charge is 2.06. The fourth-order valence-corrected chi connectivity index (χ4v) is 1.48. The summed E-state index contributed by atoms with van der Waals surface area (Å²) in [6.07, 6.45) is 1.53. The molecule has 0 saturated heterocycles. The molecule has 6 nitrogen and oxygen atoms in total. The lowest BCUT2D eigenvalue weighted by Gasteiger charge is -2.06. The fraction of sp³-hybridized carbons (Fsp3) is 0.167. The lowest BCUT2D eigenvalue weighted by molar-refractivity contribution is 0.379. The van der Waals surface area contributed by atoms with E-state index in [1.54, 1.807) is 12.1 Å². The van der Waals surface area contributed by atoms with Gasteiger partial charge in [-0.1, -0.05) is 6.07 Å². The fourth-order valence-electron chi connectivity index (χ4n) is 1.48. The van der Waals surface area contributed by atoms with Gasteiger partial charge in [0, 0.05) is 23.9 Å². The second-order valence-corrected chi connectivity index (χ2v) is 3.49. The summed E-state index contributed by atoms with van der Waals surface area (Å²) in [7, 11) is 1.47. The summed E-state index contributed by atoms with van der Waals surface area (Å²) in [5.41, 5.74) is 0.667. The van der Waals surface area contributed by atoms with Crippen molar-refractivity contribution in [2.75, 3.05) is 7.11 Å². The van der Waals surface area contributed by atoms with Gasteiger partial charge in [-0.15, -0.1) is 5.10 Å². The van der Waals surface area contributed by atoms with Crippen molar-refractivity contribution in [3.05, 3.63) is 52.1 Å². The Morgan fingerprint density at radius 1 is 1.44 bits per heavy atom. The van der Waals surface area contributed by atoms with E-state index in [9.17, 15) is 4.79 Å². The minimum atomic E-state index is -0.261. The van der Waals surface area contributed by atoms with Crippen LogP contribution < -0.4 is 10.3 Å². The van der Waals surface area contributed by atoms with Gasteiger partial charge in [0.1, 0.15) is 11.8 Å². The lowest BCUT2D eigenvalue weighted by Crippen LogP contribution is -2.23. The van der Waals surface area contributed by atoms with E-state index in [1.165, 1.54) is 30.1 Å². The third-order valence-corrected chi connectivity index (χ3v) is 2.37. The average Bonchev–Trinajstić information content (AvgIpc) is 2.42. The lowest BCUT2D eigenvalue weighted by atomic mass is 10.2. The van der Waals surface area contributed by atoms with Crippen molar-refractivity contribution in [2.24, 2.45) is 0 Å². The van der Waals surface area contributed by atoms with Gasteiger partial charge < -0.3 is 4.74 Å². The third kappa shape index (κ3) is 2.35. The highest BCUT2D eigenvalue weighted by Crippen LogP contribution is 2.06. The van der Waals surface area contributed by atoms with Crippen molar-refractivity contribution in [2.45, 2.75) is 6.54 Å². The number of methoxy groups -OCH3 is 1. The first-order valence-corrected chi connectivity index (χ1v) is 5.20. The van der Waals surface area contributed by atoms with Gasteiger partial charge >= 0.3 is 0 Å². The van der Waals surface area contributed by atoms with Gasteiger partial charge in [0.15, 0.2) is 0 Å². The maximum absolute atomic E-state index is 11.6. The van der Waals surface area contributed by atoms with Crippen LogP contribution in [-0.2, 0) is 6.54 Å². The van der Waals surface area contributed by atoms with Crippen LogP contribution >= 0.6 is 0 Å². The highest BCUT2D eigenvalue weighted by molar-refractivity contribution is 5.30. The Morgan fingerprint density at radius 3 is 3.00 bits per heavy atom. The van der Waals surface area contributed by atoms with Gasteiger partial charge in [0.25, 0.3) is 5.56 Å². The molecular formula is C12H10N4O2. The quantitative estimate of drug-likeness (QED) is 0.785. The zero-order valence-electron chi connectivity index (χ0n) is 9.70. The molecule has 90 valence electrons. The number of nitrogens with zero attached hydrogens (tertiary/aromatic N) is 4. The van der Waals surface area contributed by atoms with Gasteiger partial charge in [0.05, 0.1) is 13.7 Å². The van der Waals surface area contributed by atoms with Crippen LogP contribution in [0.15, 0.2) is 35.3 Å². The van der Waals surface area contributed by atoms with Crippen LogP contribution in [0.5, 0.6) is 5.88 Å². The summed E-state index contributed by atoms with van der Waals surface area (Å²) in [5, 5.41) is 12.9. The molecule has 0 bridgehead atoms.